The highest BCUT2D eigenvalue weighted by atomic mass is 35.5. The fraction of sp³-hybridized carbons (Fsp3) is 0.526. The first-order valence-electron chi connectivity index (χ1n) is 9.02. The second-order valence-corrected chi connectivity index (χ2v) is 7.65. The number of ketones is 1. The number of Topliss-reactive ketones (excluding diaryl/α,β-unsaturated/α-hetero) is 1. The molecule has 5 nitrogen and oxygen atoms in total. The van der Waals surface area contributed by atoms with E-state index in [0.29, 0.717) is 12.8 Å². The van der Waals surface area contributed by atoms with Gasteiger partial charge < -0.3 is 10.1 Å². The summed E-state index contributed by atoms with van der Waals surface area (Å²) in [5, 5.41) is 2.16. The molecule has 2 saturated carbocycles. The van der Waals surface area contributed by atoms with Crippen LogP contribution in [0.5, 0.6) is 0 Å². The highest BCUT2D eigenvalue weighted by Crippen LogP contribution is 2.40. The largest absolute Gasteiger partial charge is 0.455 e. The standard InChI is InChI=1S/C19H19ClF3NO4/c20-14-5-4-13(19(21,22)23)8-15(14)24-16(25)9-28-18(27)12-6-10-2-1-3-11(7-12)17(10)26/h4-5,8,10-12H,1-3,6-7,9H2,(H,24,25)/t10-,11-/m1/s1. The average molecular weight is 418 g/mol. The third-order valence-corrected chi connectivity index (χ3v) is 5.62. The van der Waals surface area contributed by atoms with Crippen LogP contribution < -0.4 is 5.32 Å². The van der Waals surface area contributed by atoms with Crippen molar-refractivity contribution in [2.45, 2.75) is 38.3 Å². The van der Waals surface area contributed by atoms with Crippen LogP contribution in [-0.4, -0.2) is 24.3 Å². The Labute approximate surface area is 164 Å². The Morgan fingerprint density at radius 3 is 2.43 bits per heavy atom. The first-order valence-corrected chi connectivity index (χ1v) is 9.40. The van der Waals surface area contributed by atoms with E-state index in [1.165, 1.54) is 0 Å². The Balaban J connectivity index is 1.55. The van der Waals surface area contributed by atoms with Crippen molar-refractivity contribution in [3.05, 3.63) is 28.8 Å². The van der Waals surface area contributed by atoms with Gasteiger partial charge in [0.1, 0.15) is 5.78 Å². The molecule has 1 aromatic rings. The summed E-state index contributed by atoms with van der Waals surface area (Å²) in [5.41, 5.74) is -1.17. The minimum Gasteiger partial charge on any atom is -0.455 e. The van der Waals surface area contributed by atoms with Gasteiger partial charge in [0.2, 0.25) is 0 Å². The number of carbonyl (C=O) groups excluding carboxylic acids is 3. The maximum Gasteiger partial charge on any atom is 0.416 e. The monoisotopic (exact) mass is 417 g/mol. The van der Waals surface area contributed by atoms with Crippen LogP contribution in [0.4, 0.5) is 18.9 Å². The molecule has 0 saturated heterocycles. The lowest BCUT2D eigenvalue weighted by molar-refractivity contribution is -0.155. The van der Waals surface area contributed by atoms with Crippen LogP contribution in [0.2, 0.25) is 5.02 Å². The van der Waals surface area contributed by atoms with Gasteiger partial charge >= 0.3 is 12.1 Å². The van der Waals surface area contributed by atoms with Gasteiger partial charge in [0.25, 0.3) is 5.91 Å². The number of alkyl halides is 3. The second kappa shape index (κ2) is 8.11. The van der Waals surface area contributed by atoms with Crippen LogP contribution >= 0.6 is 11.6 Å². The van der Waals surface area contributed by atoms with Gasteiger partial charge in [-0.3, -0.25) is 14.4 Å². The molecule has 1 N–H and O–H groups in total. The minimum absolute atomic E-state index is 0.0636. The summed E-state index contributed by atoms with van der Waals surface area (Å²) >= 11 is 5.82. The Hall–Kier alpha value is -2.09. The normalized spacial score (nSPS) is 24.6. The number of carbonyl (C=O) groups is 3. The maximum absolute atomic E-state index is 12.8. The molecule has 2 aliphatic carbocycles. The van der Waals surface area contributed by atoms with Crippen LogP contribution in [0.25, 0.3) is 0 Å². The molecule has 0 unspecified atom stereocenters. The van der Waals surface area contributed by atoms with E-state index in [1.54, 1.807) is 0 Å². The smallest absolute Gasteiger partial charge is 0.416 e. The summed E-state index contributed by atoms with van der Waals surface area (Å²) in [4.78, 5) is 36.3. The second-order valence-electron chi connectivity index (χ2n) is 7.24. The number of benzene rings is 1. The Bertz CT molecular complexity index is 780. The number of nitrogens with one attached hydrogen (secondary N) is 1. The van der Waals surface area contributed by atoms with Crippen LogP contribution in [-0.2, 0) is 25.3 Å². The van der Waals surface area contributed by atoms with E-state index in [4.69, 9.17) is 16.3 Å². The Morgan fingerprint density at radius 2 is 1.82 bits per heavy atom. The van der Waals surface area contributed by atoms with Gasteiger partial charge in [0, 0.05) is 11.8 Å². The zero-order valence-corrected chi connectivity index (χ0v) is 15.6. The van der Waals surface area contributed by atoms with E-state index in [-0.39, 0.29) is 28.3 Å². The average Bonchev–Trinajstić information content (AvgIpc) is 2.60. The molecule has 1 amide bonds. The van der Waals surface area contributed by atoms with Gasteiger partial charge in [-0.05, 0) is 43.9 Å². The summed E-state index contributed by atoms with van der Waals surface area (Å²) in [5.74, 6) is -1.81. The predicted octanol–water partition coefficient (Wildman–Crippen LogP) is 4.24. The summed E-state index contributed by atoms with van der Waals surface area (Å²) < 4.78 is 43.3. The molecule has 0 heterocycles. The van der Waals surface area contributed by atoms with Crippen molar-refractivity contribution in [2.75, 3.05) is 11.9 Å². The topological polar surface area (TPSA) is 72.5 Å². The third-order valence-electron chi connectivity index (χ3n) is 5.29. The molecular formula is C19H19ClF3NO4. The molecule has 2 atom stereocenters. The van der Waals surface area contributed by atoms with Crippen molar-refractivity contribution >= 4 is 34.9 Å². The van der Waals surface area contributed by atoms with E-state index in [2.05, 4.69) is 5.32 Å². The van der Waals surface area contributed by atoms with Gasteiger partial charge in [-0.1, -0.05) is 18.0 Å². The summed E-state index contributed by atoms with van der Waals surface area (Å²) in [6.07, 6.45) is -1.21. The molecule has 1 aromatic carbocycles. The minimum atomic E-state index is -4.58. The molecule has 0 aromatic heterocycles. The zero-order valence-electron chi connectivity index (χ0n) is 14.9. The van der Waals surface area contributed by atoms with E-state index in [1.807, 2.05) is 0 Å². The number of anilines is 1. The molecule has 152 valence electrons. The first-order chi connectivity index (χ1) is 13.1. The molecule has 3 rings (SSSR count). The predicted molar refractivity (Wildman–Crippen MR) is 94.6 cm³/mol. The van der Waals surface area contributed by atoms with Gasteiger partial charge in [0.05, 0.1) is 22.2 Å². The van der Waals surface area contributed by atoms with Crippen LogP contribution in [0.1, 0.15) is 37.7 Å². The molecule has 28 heavy (non-hydrogen) atoms. The van der Waals surface area contributed by atoms with E-state index >= 15 is 0 Å². The van der Waals surface area contributed by atoms with Crippen molar-refractivity contribution in [1.29, 1.82) is 0 Å². The molecule has 2 aliphatic rings. The maximum atomic E-state index is 12.8. The number of halogens is 4. The zero-order chi connectivity index (χ0) is 20.5. The van der Waals surface area contributed by atoms with Crippen LogP contribution in [0.3, 0.4) is 0 Å². The van der Waals surface area contributed by atoms with Gasteiger partial charge in [-0.15, -0.1) is 0 Å². The highest BCUT2D eigenvalue weighted by molar-refractivity contribution is 6.33. The number of fused-ring (bicyclic) bond motifs is 2. The van der Waals surface area contributed by atoms with E-state index < -0.39 is 36.1 Å². The SMILES string of the molecule is O=C(COC(=O)C1C[C@H]2CCC[C@H](C1)C2=O)Nc1cc(C(F)(F)F)ccc1Cl. The summed E-state index contributed by atoms with van der Waals surface area (Å²) in [6.45, 7) is -0.634. The summed E-state index contributed by atoms with van der Waals surface area (Å²) in [6, 6.07) is 2.55. The van der Waals surface area contributed by atoms with Gasteiger partial charge in [0.15, 0.2) is 6.61 Å². The van der Waals surface area contributed by atoms with Gasteiger partial charge in [-0.25, -0.2) is 0 Å². The van der Waals surface area contributed by atoms with Crippen LogP contribution in [0, 0.1) is 17.8 Å². The number of amides is 1. The van der Waals surface area contributed by atoms with Crippen LogP contribution in [0.15, 0.2) is 18.2 Å². The number of rotatable bonds is 4. The number of hydrogen-bond acceptors (Lipinski definition) is 4. The molecule has 9 heteroatoms. The number of ether oxygens (including phenoxy) is 1. The van der Waals surface area contributed by atoms with E-state index in [0.717, 1.165) is 37.5 Å². The van der Waals surface area contributed by atoms with Crippen molar-refractivity contribution in [3.63, 3.8) is 0 Å². The fourth-order valence-corrected chi connectivity index (χ4v) is 4.08. The molecule has 0 spiro atoms. The highest BCUT2D eigenvalue weighted by Gasteiger charge is 2.42. The fourth-order valence-electron chi connectivity index (χ4n) is 3.91. The van der Waals surface area contributed by atoms with Crippen molar-refractivity contribution in [2.24, 2.45) is 17.8 Å². The first kappa shape index (κ1) is 20.6. The molecular weight excluding hydrogens is 399 g/mol. The third kappa shape index (κ3) is 4.66. The quantitative estimate of drug-likeness (QED) is 0.744. The number of esters is 1. The summed E-state index contributed by atoms with van der Waals surface area (Å²) in [7, 11) is 0. The van der Waals surface area contributed by atoms with Gasteiger partial charge in [-0.2, -0.15) is 13.2 Å². The molecule has 0 aliphatic heterocycles. The Kier molecular flexibility index (Phi) is 5.98. The molecule has 2 fully saturated rings. The Morgan fingerprint density at radius 1 is 1.18 bits per heavy atom. The lowest BCUT2D eigenvalue weighted by atomic mass is 9.67. The lowest BCUT2D eigenvalue weighted by Gasteiger charge is -2.36. The van der Waals surface area contributed by atoms with Crippen molar-refractivity contribution < 1.29 is 32.3 Å². The lowest BCUT2D eigenvalue weighted by Crippen LogP contribution is -2.40. The molecule has 0 radical (unpaired) electrons. The molecule has 2 bridgehead atoms. The van der Waals surface area contributed by atoms with E-state index in [9.17, 15) is 27.6 Å². The number of hydrogen-bond donors (Lipinski definition) is 1. The van der Waals surface area contributed by atoms with Crippen molar-refractivity contribution in [1.82, 2.24) is 0 Å². The van der Waals surface area contributed by atoms with Crippen molar-refractivity contribution in [3.8, 4) is 0 Å².